The molecule has 7 heteroatoms. The molecular weight excluding hydrogens is 348 g/mol. The summed E-state index contributed by atoms with van der Waals surface area (Å²) in [5.74, 6) is 1.48. The highest BCUT2D eigenvalue weighted by atomic mass is 32.2. The van der Waals surface area contributed by atoms with Gasteiger partial charge in [-0.25, -0.2) is 22.7 Å². The van der Waals surface area contributed by atoms with Gasteiger partial charge in [0.15, 0.2) is 0 Å². The van der Waals surface area contributed by atoms with Crippen LogP contribution in [0.3, 0.4) is 0 Å². The van der Waals surface area contributed by atoms with Crippen LogP contribution in [0.1, 0.15) is 56.5 Å². The third-order valence-corrected chi connectivity index (χ3v) is 7.51. The fraction of sp³-hybridized carbons (Fsp3) is 0.526. The molecule has 0 bridgehead atoms. The zero-order valence-corrected chi connectivity index (χ0v) is 16.0. The number of rotatable bonds is 5. The lowest BCUT2D eigenvalue weighted by molar-refractivity contribution is 0.465. The zero-order valence-electron chi connectivity index (χ0n) is 15.2. The number of aromatic nitrogens is 3. The monoisotopic (exact) mass is 372 g/mol. The van der Waals surface area contributed by atoms with E-state index < -0.39 is 15.3 Å². The van der Waals surface area contributed by atoms with Crippen molar-refractivity contribution in [2.45, 2.75) is 50.2 Å². The van der Waals surface area contributed by atoms with Gasteiger partial charge in [-0.05, 0) is 50.8 Å². The summed E-state index contributed by atoms with van der Waals surface area (Å²) >= 11 is 0. The SMILES string of the molecule is CC(C)S(=O)(=O)N1CCC(c2nc(C3CC3)ncc2-c2ccncc2)C1. The van der Waals surface area contributed by atoms with Crippen LogP contribution in [0.4, 0.5) is 0 Å². The van der Waals surface area contributed by atoms with Gasteiger partial charge in [0.2, 0.25) is 10.0 Å². The molecule has 1 atom stereocenters. The van der Waals surface area contributed by atoms with Crippen molar-refractivity contribution in [2.75, 3.05) is 13.1 Å². The lowest BCUT2D eigenvalue weighted by Crippen LogP contribution is -2.34. The van der Waals surface area contributed by atoms with Gasteiger partial charge < -0.3 is 0 Å². The van der Waals surface area contributed by atoms with E-state index in [1.54, 1.807) is 30.5 Å². The minimum Gasteiger partial charge on any atom is -0.265 e. The average molecular weight is 372 g/mol. The van der Waals surface area contributed by atoms with E-state index in [0.29, 0.717) is 19.0 Å². The summed E-state index contributed by atoms with van der Waals surface area (Å²) < 4.78 is 26.7. The first kappa shape index (κ1) is 17.5. The first-order chi connectivity index (χ1) is 12.5. The van der Waals surface area contributed by atoms with Crippen LogP contribution in [0, 0.1) is 0 Å². The quantitative estimate of drug-likeness (QED) is 0.806. The number of nitrogens with zero attached hydrogens (tertiary/aromatic N) is 4. The van der Waals surface area contributed by atoms with Crippen molar-refractivity contribution in [3.63, 3.8) is 0 Å². The lowest BCUT2D eigenvalue weighted by Gasteiger charge is -2.20. The van der Waals surface area contributed by atoms with Crippen molar-refractivity contribution < 1.29 is 8.42 Å². The van der Waals surface area contributed by atoms with Crippen LogP contribution in [0.25, 0.3) is 11.1 Å². The van der Waals surface area contributed by atoms with Crippen molar-refractivity contribution in [3.05, 3.63) is 42.2 Å². The average Bonchev–Trinajstić information content (AvgIpc) is 3.37. The first-order valence-corrected chi connectivity index (χ1v) is 10.7. The van der Waals surface area contributed by atoms with Crippen LogP contribution in [-0.4, -0.2) is 46.0 Å². The highest BCUT2D eigenvalue weighted by molar-refractivity contribution is 7.89. The van der Waals surface area contributed by atoms with Crippen molar-refractivity contribution in [3.8, 4) is 11.1 Å². The van der Waals surface area contributed by atoms with Crippen LogP contribution in [0.15, 0.2) is 30.7 Å². The van der Waals surface area contributed by atoms with E-state index in [1.165, 1.54) is 0 Å². The van der Waals surface area contributed by atoms with Crippen LogP contribution < -0.4 is 0 Å². The van der Waals surface area contributed by atoms with Gasteiger partial charge in [-0.3, -0.25) is 4.98 Å². The summed E-state index contributed by atoms with van der Waals surface area (Å²) in [4.78, 5) is 13.6. The Balaban J connectivity index is 1.70. The van der Waals surface area contributed by atoms with Gasteiger partial charge in [0.05, 0.1) is 10.9 Å². The Kier molecular flexibility index (Phi) is 4.52. The Morgan fingerprint density at radius 3 is 2.50 bits per heavy atom. The molecule has 2 aliphatic rings. The fourth-order valence-corrected chi connectivity index (χ4v) is 4.84. The molecule has 1 unspecified atom stereocenters. The maximum atomic E-state index is 12.5. The van der Waals surface area contributed by atoms with E-state index in [9.17, 15) is 8.42 Å². The molecule has 26 heavy (non-hydrogen) atoms. The van der Waals surface area contributed by atoms with E-state index in [0.717, 1.165) is 41.9 Å². The van der Waals surface area contributed by atoms with E-state index in [4.69, 9.17) is 4.98 Å². The van der Waals surface area contributed by atoms with Crippen LogP contribution in [0.5, 0.6) is 0 Å². The molecule has 1 saturated carbocycles. The molecule has 1 aliphatic carbocycles. The molecule has 0 amide bonds. The second-order valence-electron chi connectivity index (χ2n) is 7.47. The highest BCUT2D eigenvalue weighted by Crippen LogP contribution is 2.40. The molecule has 2 aromatic heterocycles. The molecular formula is C19H24N4O2S. The Morgan fingerprint density at radius 2 is 1.85 bits per heavy atom. The van der Waals surface area contributed by atoms with Gasteiger partial charge in [0.25, 0.3) is 0 Å². The van der Waals surface area contributed by atoms with Gasteiger partial charge in [-0.15, -0.1) is 0 Å². The predicted molar refractivity (Wildman–Crippen MR) is 100 cm³/mol. The molecule has 2 fully saturated rings. The van der Waals surface area contributed by atoms with Crippen molar-refractivity contribution in [1.29, 1.82) is 0 Å². The lowest BCUT2D eigenvalue weighted by atomic mass is 9.96. The maximum Gasteiger partial charge on any atom is 0.216 e. The van der Waals surface area contributed by atoms with Crippen molar-refractivity contribution in [2.24, 2.45) is 0 Å². The zero-order chi connectivity index (χ0) is 18.3. The third-order valence-electron chi connectivity index (χ3n) is 5.26. The molecule has 3 heterocycles. The van der Waals surface area contributed by atoms with Crippen LogP contribution in [0.2, 0.25) is 0 Å². The molecule has 1 aliphatic heterocycles. The van der Waals surface area contributed by atoms with E-state index >= 15 is 0 Å². The summed E-state index contributed by atoms with van der Waals surface area (Å²) in [6, 6.07) is 3.91. The number of hydrogen-bond donors (Lipinski definition) is 0. The number of hydrogen-bond acceptors (Lipinski definition) is 5. The number of sulfonamides is 1. The smallest absolute Gasteiger partial charge is 0.216 e. The number of pyridine rings is 1. The molecule has 2 aromatic rings. The fourth-order valence-electron chi connectivity index (χ4n) is 3.49. The Morgan fingerprint density at radius 1 is 1.12 bits per heavy atom. The summed E-state index contributed by atoms with van der Waals surface area (Å²) in [5.41, 5.74) is 3.00. The van der Waals surface area contributed by atoms with E-state index in [1.807, 2.05) is 18.3 Å². The molecule has 6 nitrogen and oxygen atoms in total. The summed E-state index contributed by atoms with van der Waals surface area (Å²) in [6.45, 7) is 4.53. The molecule has 0 spiro atoms. The summed E-state index contributed by atoms with van der Waals surface area (Å²) in [7, 11) is -3.23. The summed E-state index contributed by atoms with van der Waals surface area (Å²) in [5, 5.41) is -0.395. The molecule has 1 saturated heterocycles. The van der Waals surface area contributed by atoms with Crippen LogP contribution in [-0.2, 0) is 10.0 Å². The highest BCUT2D eigenvalue weighted by Gasteiger charge is 2.36. The van der Waals surface area contributed by atoms with Gasteiger partial charge in [0.1, 0.15) is 5.82 Å². The Labute approximate surface area is 154 Å². The molecule has 0 aromatic carbocycles. The Hall–Kier alpha value is -1.86. The summed E-state index contributed by atoms with van der Waals surface area (Å²) in [6.07, 6.45) is 8.52. The minimum absolute atomic E-state index is 0.104. The van der Waals surface area contributed by atoms with Crippen LogP contribution >= 0.6 is 0 Å². The first-order valence-electron chi connectivity index (χ1n) is 9.23. The van der Waals surface area contributed by atoms with E-state index in [2.05, 4.69) is 9.97 Å². The van der Waals surface area contributed by atoms with Gasteiger partial charge in [-0.2, -0.15) is 0 Å². The second-order valence-corrected chi connectivity index (χ2v) is 9.96. The van der Waals surface area contributed by atoms with Gasteiger partial charge in [-0.1, -0.05) is 0 Å². The minimum atomic E-state index is -3.23. The largest absolute Gasteiger partial charge is 0.265 e. The predicted octanol–water partition coefficient (Wildman–Crippen LogP) is 2.94. The van der Waals surface area contributed by atoms with Crippen molar-refractivity contribution in [1.82, 2.24) is 19.3 Å². The molecule has 4 rings (SSSR count). The second kappa shape index (κ2) is 6.70. The topological polar surface area (TPSA) is 76.1 Å². The van der Waals surface area contributed by atoms with Gasteiger partial charge >= 0.3 is 0 Å². The molecule has 0 radical (unpaired) electrons. The van der Waals surface area contributed by atoms with E-state index in [-0.39, 0.29) is 5.92 Å². The van der Waals surface area contributed by atoms with Crippen molar-refractivity contribution >= 4 is 10.0 Å². The Bertz CT molecular complexity index is 895. The third kappa shape index (κ3) is 3.25. The van der Waals surface area contributed by atoms with Gasteiger partial charge in [0, 0.05) is 49.1 Å². The maximum absolute atomic E-state index is 12.5. The standard InChI is InChI=1S/C19H24N4O2S/c1-13(2)26(24,25)23-10-7-16(12-23)18-17(14-5-8-20-9-6-14)11-21-19(22-18)15-3-4-15/h5-6,8-9,11,13,15-16H,3-4,7,10,12H2,1-2H3. The molecule has 0 N–H and O–H groups in total. The molecule has 138 valence electrons. The normalized spacial score (nSPS) is 21.4.